The highest BCUT2D eigenvalue weighted by Crippen LogP contribution is 2.37. The second-order valence-electron chi connectivity index (χ2n) is 6.98. The van der Waals surface area contributed by atoms with Gasteiger partial charge in [0.05, 0.1) is 0 Å². The van der Waals surface area contributed by atoms with Crippen LogP contribution < -0.4 is 0 Å². The van der Waals surface area contributed by atoms with E-state index in [0.29, 0.717) is 6.61 Å². The fourth-order valence-electron chi connectivity index (χ4n) is 2.95. The average molecular weight is 381 g/mol. The van der Waals surface area contributed by atoms with Crippen molar-refractivity contribution in [2.24, 2.45) is 0 Å². The van der Waals surface area contributed by atoms with Crippen molar-refractivity contribution < 1.29 is 23.6 Å². The first kappa shape index (κ1) is 25.1. The van der Waals surface area contributed by atoms with Gasteiger partial charge in [-0.05, 0) is 13.3 Å². The van der Waals surface area contributed by atoms with E-state index in [0.717, 1.165) is 12.8 Å². The predicted octanol–water partition coefficient (Wildman–Crippen LogP) is 6.33. The minimum absolute atomic E-state index is 0.486. The number of hydrogen-bond donors (Lipinski definition) is 2. The Morgan fingerprint density at radius 3 is 1.44 bits per heavy atom. The highest BCUT2D eigenvalue weighted by Gasteiger charge is 2.18. The zero-order chi connectivity index (χ0) is 18.8. The van der Waals surface area contributed by atoms with Crippen LogP contribution in [0.15, 0.2) is 0 Å². The third-order valence-corrected chi connectivity index (χ3v) is 4.96. The molecule has 0 aliphatic carbocycles. The third kappa shape index (κ3) is 22.0. The number of phosphoric ester groups is 1. The van der Waals surface area contributed by atoms with Gasteiger partial charge in [-0.2, -0.15) is 0 Å². The molecule has 0 bridgehead atoms. The van der Waals surface area contributed by atoms with Gasteiger partial charge in [0, 0.05) is 6.61 Å². The van der Waals surface area contributed by atoms with E-state index >= 15 is 0 Å². The molecule has 0 amide bonds. The quantitative estimate of drug-likeness (QED) is 0.156. The van der Waals surface area contributed by atoms with Crippen LogP contribution in [0, 0.1) is 0 Å². The first-order valence-electron chi connectivity index (χ1n) is 10.3. The first-order valence-corrected chi connectivity index (χ1v) is 11.8. The van der Waals surface area contributed by atoms with E-state index in [-0.39, 0.29) is 0 Å². The van der Waals surface area contributed by atoms with E-state index in [1.165, 1.54) is 90.4 Å². The van der Waals surface area contributed by atoms with Gasteiger partial charge in [-0.3, -0.25) is 4.52 Å². The summed E-state index contributed by atoms with van der Waals surface area (Å²) in [6.07, 6.45) is 18.8. The molecule has 0 heterocycles. The van der Waals surface area contributed by atoms with Gasteiger partial charge < -0.3 is 14.5 Å². The monoisotopic (exact) mass is 380 g/mol. The molecular weight excluding hydrogens is 339 g/mol. The molecule has 0 radical (unpaired) electrons. The Labute approximate surface area is 155 Å². The second kappa shape index (κ2) is 17.5. The molecule has 0 spiro atoms. The van der Waals surface area contributed by atoms with Crippen molar-refractivity contribution >= 4 is 7.82 Å². The highest BCUT2D eigenvalue weighted by atomic mass is 31.2. The molecule has 25 heavy (non-hydrogen) atoms. The minimum Gasteiger partial charge on any atom is -0.352 e. The van der Waals surface area contributed by atoms with Gasteiger partial charge in [0.15, 0.2) is 6.29 Å². The maximum atomic E-state index is 10.6. The van der Waals surface area contributed by atoms with Crippen molar-refractivity contribution in [3.8, 4) is 0 Å². The molecule has 0 rings (SSSR count). The van der Waals surface area contributed by atoms with Gasteiger partial charge in [-0.15, -0.1) is 0 Å². The summed E-state index contributed by atoms with van der Waals surface area (Å²) in [5, 5.41) is 0. The lowest BCUT2D eigenvalue weighted by Gasteiger charge is -2.14. The number of phosphoric acid groups is 1. The molecule has 0 aromatic heterocycles. The van der Waals surface area contributed by atoms with Crippen molar-refractivity contribution in [3.63, 3.8) is 0 Å². The predicted molar refractivity (Wildman–Crippen MR) is 103 cm³/mol. The number of unbranched alkanes of at least 4 members (excludes halogenated alkanes) is 14. The first-order chi connectivity index (χ1) is 12.0. The normalized spacial score (nSPS) is 13.3. The van der Waals surface area contributed by atoms with Crippen LogP contribution in [0.25, 0.3) is 0 Å². The summed E-state index contributed by atoms with van der Waals surface area (Å²) in [7, 11) is -4.44. The summed E-state index contributed by atoms with van der Waals surface area (Å²) in [6, 6.07) is 0. The van der Waals surface area contributed by atoms with E-state index in [2.05, 4.69) is 11.4 Å². The zero-order valence-corrected chi connectivity index (χ0v) is 17.4. The topological polar surface area (TPSA) is 76.0 Å². The average Bonchev–Trinajstić information content (AvgIpc) is 2.53. The Hall–Kier alpha value is 0.0700. The zero-order valence-electron chi connectivity index (χ0n) is 16.5. The van der Waals surface area contributed by atoms with E-state index in [1.54, 1.807) is 0 Å². The molecule has 2 N–H and O–H groups in total. The van der Waals surface area contributed by atoms with Gasteiger partial charge >= 0.3 is 7.82 Å². The largest absolute Gasteiger partial charge is 0.471 e. The van der Waals surface area contributed by atoms with E-state index in [4.69, 9.17) is 14.5 Å². The number of rotatable bonds is 19. The standard InChI is InChI=1S/C19H41O5P/c1-3-4-5-6-7-8-9-10-11-12-13-14-15-16-17-18-23-19(2)24-25(20,21)22/h19H,3-18H2,1-2H3,(H2,20,21,22). The van der Waals surface area contributed by atoms with Crippen molar-refractivity contribution in [1.82, 2.24) is 0 Å². The lowest BCUT2D eigenvalue weighted by molar-refractivity contribution is -0.0802. The van der Waals surface area contributed by atoms with Gasteiger partial charge in [-0.25, -0.2) is 4.57 Å². The molecule has 0 aliphatic rings. The van der Waals surface area contributed by atoms with Crippen LogP contribution in [0.2, 0.25) is 0 Å². The molecule has 152 valence electrons. The summed E-state index contributed by atoms with van der Waals surface area (Å²) in [5.74, 6) is 0. The molecule has 0 saturated heterocycles. The van der Waals surface area contributed by atoms with Crippen LogP contribution in [0.3, 0.4) is 0 Å². The Morgan fingerprint density at radius 1 is 0.720 bits per heavy atom. The Morgan fingerprint density at radius 2 is 1.08 bits per heavy atom. The fraction of sp³-hybridized carbons (Fsp3) is 1.00. The summed E-state index contributed by atoms with van der Waals surface area (Å²) >= 11 is 0. The molecule has 0 fully saturated rings. The summed E-state index contributed by atoms with van der Waals surface area (Å²) in [4.78, 5) is 17.3. The molecular formula is C19H41O5P. The fourth-order valence-corrected chi connectivity index (χ4v) is 3.39. The van der Waals surface area contributed by atoms with Crippen molar-refractivity contribution in [1.29, 1.82) is 0 Å². The number of ether oxygens (including phenoxy) is 1. The van der Waals surface area contributed by atoms with Crippen LogP contribution in [-0.4, -0.2) is 22.7 Å². The highest BCUT2D eigenvalue weighted by molar-refractivity contribution is 7.46. The maximum absolute atomic E-state index is 10.6. The number of hydrogen-bond acceptors (Lipinski definition) is 3. The molecule has 0 saturated carbocycles. The Kier molecular flexibility index (Phi) is 17.5. The van der Waals surface area contributed by atoms with Crippen LogP contribution in [0.1, 0.15) is 110 Å². The SMILES string of the molecule is CCCCCCCCCCCCCCCCCOC(C)OP(=O)(O)O. The third-order valence-electron chi connectivity index (χ3n) is 4.39. The van der Waals surface area contributed by atoms with Gasteiger partial charge in [0.2, 0.25) is 0 Å². The molecule has 1 atom stereocenters. The Balaban J connectivity index is 3.13. The van der Waals surface area contributed by atoms with Crippen LogP contribution in [0.4, 0.5) is 0 Å². The molecule has 5 nitrogen and oxygen atoms in total. The van der Waals surface area contributed by atoms with E-state index < -0.39 is 14.1 Å². The molecule has 0 aliphatic heterocycles. The van der Waals surface area contributed by atoms with Crippen molar-refractivity contribution in [3.05, 3.63) is 0 Å². The molecule has 6 heteroatoms. The lowest BCUT2D eigenvalue weighted by Crippen LogP contribution is -2.12. The van der Waals surface area contributed by atoms with E-state index in [9.17, 15) is 4.57 Å². The molecule has 0 aromatic carbocycles. The smallest absolute Gasteiger partial charge is 0.352 e. The van der Waals surface area contributed by atoms with Crippen molar-refractivity contribution in [2.75, 3.05) is 6.61 Å². The lowest BCUT2D eigenvalue weighted by atomic mass is 10.0. The Bertz CT molecular complexity index is 319. The van der Waals surface area contributed by atoms with Gasteiger partial charge in [0.25, 0.3) is 0 Å². The van der Waals surface area contributed by atoms with Gasteiger partial charge in [-0.1, -0.05) is 96.8 Å². The minimum atomic E-state index is -4.44. The summed E-state index contributed by atoms with van der Waals surface area (Å²) in [5.41, 5.74) is 0. The maximum Gasteiger partial charge on any atom is 0.471 e. The molecule has 1 unspecified atom stereocenters. The van der Waals surface area contributed by atoms with E-state index in [1.807, 2.05) is 0 Å². The summed E-state index contributed by atoms with van der Waals surface area (Å²) < 4.78 is 20.2. The summed E-state index contributed by atoms with van der Waals surface area (Å²) in [6.45, 7) is 4.25. The molecule has 0 aromatic rings. The van der Waals surface area contributed by atoms with Crippen molar-refractivity contribution in [2.45, 2.75) is 116 Å². The van der Waals surface area contributed by atoms with Crippen LogP contribution >= 0.6 is 7.82 Å². The van der Waals surface area contributed by atoms with Crippen LogP contribution in [0.5, 0.6) is 0 Å². The van der Waals surface area contributed by atoms with Gasteiger partial charge in [0.1, 0.15) is 0 Å². The van der Waals surface area contributed by atoms with Crippen LogP contribution in [-0.2, 0) is 13.8 Å². The second-order valence-corrected chi connectivity index (χ2v) is 8.18.